The van der Waals surface area contributed by atoms with E-state index < -0.39 is 17.8 Å². The van der Waals surface area contributed by atoms with E-state index in [0.717, 1.165) is 6.07 Å². The zero-order valence-corrected chi connectivity index (χ0v) is 11.5. The number of benzene rings is 1. The second-order valence-electron chi connectivity index (χ2n) is 4.93. The summed E-state index contributed by atoms with van der Waals surface area (Å²) in [5.41, 5.74) is -0.668. The van der Waals surface area contributed by atoms with E-state index in [9.17, 15) is 18.0 Å². The molecule has 1 fully saturated rings. The molecule has 0 aromatic heterocycles. The van der Waals surface area contributed by atoms with Crippen molar-refractivity contribution < 1.29 is 22.7 Å². The molecule has 2 N–H and O–H groups in total. The molecule has 1 saturated heterocycles. The monoisotopic (exact) mass is 302 g/mol. The third-order valence-corrected chi connectivity index (χ3v) is 3.52. The van der Waals surface area contributed by atoms with Crippen LogP contribution in [0, 0.1) is 0 Å². The number of methoxy groups -OCH3 is 1. The minimum absolute atomic E-state index is 0.0387. The molecule has 2 unspecified atom stereocenters. The van der Waals surface area contributed by atoms with Crippen LogP contribution >= 0.6 is 0 Å². The molecule has 0 bridgehead atoms. The van der Waals surface area contributed by atoms with Gasteiger partial charge >= 0.3 is 6.18 Å². The van der Waals surface area contributed by atoms with Crippen LogP contribution < -0.4 is 10.6 Å². The van der Waals surface area contributed by atoms with Crippen LogP contribution in [0.4, 0.5) is 13.2 Å². The minimum atomic E-state index is -4.42. The zero-order valence-electron chi connectivity index (χ0n) is 11.5. The first kappa shape index (κ1) is 15.8. The number of ether oxygens (including phenoxy) is 1. The first-order valence-corrected chi connectivity index (χ1v) is 6.61. The molecule has 4 nitrogen and oxygen atoms in total. The largest absolute Gasteiger partial charge is 0.416 e. The minimum Gasteiger partial charge on any atom is -0.380 e. The Morgan fingerprint density at radius 2 is 2.14 bits per heavy atom. The van der Waals surface area contributed by atoms with Gasteiger partial charge in [0.05, 0.1) is 17.7 Å². The topological polar surface area (TPSA) is 50.4 Å². The average Bonchev–Trinajstić information content (AvgIpc) is 2.93. The fourth-order valence-corrected chi connectivity index (χ4v) is 2.34. The van der Waals surface area contributed by atoms with Gasteiger partial charge < -0.3 is 15.4 Å². The van der Waals surface area contributed by atoms with Crippen LogP contribution in [0.1, 0.15) is 17.5 Å². The summed E-state index contributed by atoms with van der Waals surface area (Å²) in [6.45, 7) is 0.415. The highest BCUT2D eigenvalue weighted by molar-refractivity contribution is 5.82. The molecular weight excluding hydrogens is 285 g/mol. The molecule has 1 amide bonds. The second kappa shape index (κ2) is 6.44. The molecular formula is C14H17F3N2O2. The van der Waals surface area contributed by atoms with Crippen molar-refractivity contribution in [3.63, 3.8) is 0 Å². The van der Waals surface area contributed by atoms with Crippen LogP contribution in [-0.2, 0) is 22.3 Å². The maximum atomic E-state index is 12.8. The van der Waals surface area contributed by atoms with Gasteiger partial charge in [-0.15, -0.1) is 0 Å². The summed E-state index contributed by atoms with van der Waals surface area (Å²) in [6, 6.07) is 4.80. The summed E-state index contributed by atoms with van der Waals surface area (Å²) in [5, 5.41) is 5.52. The number of halogens is 3. The number of amides is 1. The van der Waals surface area contributed by atoms with Crippen LogP contribution in [0.2, 0.25) is 0 Å². The van der Waals surface area contributed by atoms with Crippen LogP contribution in [0.5, 0.6) is 0 Å². The van der Waals surface area contributed by atoms with E-state index in [1.54, 1.807) is 7.11 Å². The number of hydrogen-bond acceptors (Lipinski definition) is 3. The summed E-state index contributed by atoms with van der Waals surface area (Å²) < 4.78 is 43.6. The Hall–Kier alpha value is -1.60. The summed E-state index contributed by atoms with van der Waals surface area (Å²) in [4.78, 5) is 11.9. The van der Waals surface area contributed by atoms with E-state index in [2.05, 4.69) is 10.6 Å². The van der Waals surface area contributed by atoms with Crippen LogP contribution in [-0.4, -0.2) is 31.7 Å². The first-order chi connectivity index (χ1) is 9.91. The number of hydrogen-bond donors (Lipinski definition) is 2. The Balaban J connectivity index is 1.96. The Labute approximate surface area is 120 Å². The maximum absolute atomic E-state index is 12.8. The smallest absolute Gasteiger partial charge is 0.380 e. The van der Waals surface area contributed by atoms with Crippen molar-refractivity contribution in [2.24, 2.45) is 0 Å². The lowest BCUT2D eigenvalue weighted by Gasteiger charge is -2.15. The molecule has 0 radical (unpaired) electrons. The van der Waals surface area contributed by atoms with Crippen LogP contribution in [0.25, 0.3) is 0 Å². The third-order valence-electron chi connectivity index (χ3n) is 3.52. The molecule has 0 aliphatic carbocycles. The van der Waals surface area contributed by atoms with Gasteiger partial charge in [-0.25, -0.2) is 0 Å². The Morgan fingerprint density at radius 3 is 2.76 bits per heavy atom. The van der Waals surface area contributed by atoms with E-state index >= 15 is 0 Å². The molecule has 1 aromatic carbocycles. The molecule has 1 aliphatic rings. The van der Waals surface area contributed by atoms with Crippen molar-refractivity contribution in [2.45, 2.75) is 31.3 Å². The van der Waals surface area contributed by atoms with Gasteiger partial charge in [0.25, 0.3) is 0 Å². The molecule has 21 heavy (non-hydrogen) atoms. The van der Waals surface area contributed by atoms with Crippen LogP contribution in [0.15, 0.2) is 24.3 Å². The van der Waals surface area contributed by atoms with Crippen molar-refractivity contribution in [3.8, 4) is 0 Å². The second-order valence-corrected chi connectivity index (χ2v) is 4.93. The molecule has 0 saturated carbocycles. The molecule has 1 aliphatic heterocycles. The van der Waals surface area contributed by atoms with Gasteiger partial charge in [0.2, 0.25) is 5.91 Å². The van der Waals surface area contributed by atoms with Gasteiger partial charge in [-0.1, -0.05) is 18.2 Å². The highest BCUT2D eigenvalue weighted by Crippen LogP contribution is 2.31. The summed E-state index contributed by atoms with van der Waals surface area (Å²) in [6.07, 6.45) is -3.94. The average molecular weight is 302 g/mol. The standard InChI is InChI=1S/C14H17F3N2O2/c1-21-10-6-12(18-8-10)13(20)19-7-9-4-2-3-5-11(9)14(15,16)17/h2-5,10,12,18H,6-8H2,1H3,(H,19,20). The van der Waals surface area contributed by atoms with Crippen molar-refractivity contribution in [2.75, 3.05) is 13.7 Å². The van der Waals surface area contributed by atoms with Crippen molar-refractivity contribution in [3.05, 3.63) is 35.4 Å². The SMILES string of the molecule is COC1CNC(C(=O)NCc2ccccc2C(F)(F)F)C1. The lowest BCUT2D eigenvalue weighted by Crippen LogP contribution is -2.40. The van der Waals surface area contributed by atoms with Gasteiger partial charge in [-0.3, -0.25) is 4.79 Å². The maximum Gasteiger partial charge on any atom is 0.416 e. The van der Waals surface area contributed by atoms with Gasteiger partial charge in [-0.05, 0) is 18.1 Å². The van der Waals surface area contributed by atoms with Crippen molar-refractivity contribution in [1.29, 1.82) is 0 Å². The van der Waals surface area contributed by atoms with Crippen molar-refractivity contribution in [1.82, 2.24) is 10.6 Å². The fraction of sp³-hybridized carbons (Fsp3) is 0.500. The molecule has 7 heteroatoms. The highest BCUT2D eigenvalue weighted by atomic mass is 19.4. The van der Waals surface area contributed by atoms with Gasteiger partial charge in [0.1, 0.15) is 0 Å². The van der Waals surface area contributed by atoms with E-state index in [1.807, 2.05) is 0 Å². The molecule has 1 aromatic rings. The Kier molecular flexibility index (Phi) is 4.84. The van der Waals surface area contributed by atoms with E-state index in [-0.39, 0.29) is 24.1 Å². The predicted molar refractivity (Wildman–Crippen MR) is 70.5 cm³/mol. The fourth-order valence-electron chi connectivity index (χ4n) is 2.34. The summed E-state index contributed by atoms with van der Waals surface area (Å²) in [7, 11) is 1.56. The number of nitrogens with one attached hydrogen (secondary N) is 2. The van der Waals surface area contributed by atoms with Gasteiger partial charge in [0, 0.05) is 20.2 Å². The van der Waals surface area contributed by atoms with E-state index in [4.69, 9.17) is 4.74 Å². The molecule has 2 rings (SSSR count). The van der Waals surface area contributed by atoms with E-state index in [1.165, 1.54) is 18.2 Å². The predicted octanol–water partition coefficient (Wildman–Crippen LogP) is 1.70. The number of carbonyl (C=O) groups is 1. The molecule has 0 spiro atoms. The zero-order chi connectivity index (χ0) is 15.5. The quantitative estimate of drug-likeness (QED) is 0.890. The first-order valence-electron chi connectivity index (χ1n) is 6.61. The molecule has 1 heterocycles. The lowest BCUT2D eigenvalue weighted by molar-refractivity contribution is -0.138. The van der Waals surface area contributed by atoms with E-state index in [0.29, 0.717) is 13.0 Å². The summed E-state index contributed by atoms with van der Waals surface area (Å²) in [5.74, 6) is -0.313. The Bertz CT molecular complexity index is 505. The third kappa shape index (κ3) is 3.95. The van der Waals surface area contributed by atoms with Gasteiger partial charge in [-0.2, -0.15) is 13.2 Å². The van der Waals surface area contributed by atoms with Crippen molar-refractivity contribution >= 4 is 5.91 Å². The summed E-state index contributed by atoms with van der Waals surface area (Å²) >= 11 is 0. The number of carbonyl (C=O) groups excluding carboxylic acids is 1. The molecule has 116 valence electrons. The Morgan fingerprint density at radius 1 is 1.43 bits per heavy atom. The van der Waals surface area contributed by atoms with Crippen LogP contribution in [0.3, 0.4) is 0 Å². The van der Waals surface area contributed by atoms with Gasteiger partial charge in [0.15, 0.2) is 0 Å². The normalized spacial score (nSPS) is 22.3. The molecule has 2 atom stereocenters. The number of alkyl halides is 3. The lowest BCUT2D eigenvalue weighted by atomic mass is 10.1. The highest BCUT2D eigenvalue weighted by Gasteiger charge is 2.33. The number of rotatable bonds is 4.